The van der Waals surface area contributed by atoms with Gasteiger partial charge in [-0.25, -0.2) is 9.69 Å². The molecule has 2 amide bonds. The summed E-state index contributed by atoms with van der Waals surface area (Å²) in [6, 6.07) is 3.68. The number of hydrogen-bond acceptors (Lipinski definition) is 8. The summed E-state index contributed by atoms with van der Waals surface area (Å²) in [6.07, 6.45) is -4.06. The van der Waals surface area contributed by atoms with Crippen molar-refractivity contribution in [2.75, 3.05) is 29.5 Å². The lowest BCUT2D eigenvalue weighted by Gasteiger charge is -2.19. The maximum atomic E-state index is 12.6. The number of urea groups is 1. The van der Waals surface area contributed by atoms with Crippen molar-refractivity contribution in [1.82, 2.24) is 15.1 Å². The largest absolute Gasteiger partial charge is 0.610 e. The summed E-state index contributed by atoms with van der Waals surface area (Å²) < 4.78 is 55.0. The zero-order chi connectivity index (χ0) is 22.8. The molecule has 0 bridgehead atoms. The van der Waals surface area contributed by atoms with E-state index >= 15 is 0 Å². The van der Waals surface area contributed by atoms with Gasteiger partial charge < -0.3 is 14.2 Å². The molecule has 2 atom stereocenters. The minimum atomic E-state index is -4.44. The minimum Gasteiger partial charge on any atom is -0.610 e. The zero-order valence-electron chi connectivity index (χ0n) is 15.7. The summed E-state index contributed by atoms with van der Waals surface area (Å²) in [4.78, 5) is 27.6. The van der Waals surface area contributed by atoms with Gasteiger partial charge in [0.2, 0.25) is 11.4 Å². The van der Waals surface area contributed by atoms with Crippen LogP contribution in [0.3, 0.4) is 0 Å². The summed E-state index contributed by atoms with van der Waals surface area (Å²) in [5.74, 6) is -0.876. The number of nitrogens with zero attached hydrogens (tertiary/aromatic N) is 4. The van der Waals surface area contributed by atoms with E-state index in [4.69, 9.17) is 16.3 Å². The molecule has 3 rings (SSSR count). The van der Waals surface area contributed by atoms with Crippen LogP contribution >= 0.6 is 34.7 Å². The van der Waals surface area contributed by atoms with Crippen molar-refractivity contribution in [3.8, 4) is 0 Å². The molecule has 1 aromatic heterocycles. The SMILES string of the molecule is C[S+]([O-])c1nnc(N2C(=O)N(CCl)CC2OC(=O)CSc2ccc(C(F)(F)F)cc2)s1. The van der Waals surface area contributed by atoms with Crippen LogP contribution in [-0.2, 0) is 26.9 Å². The van der Waals surface area contributed by atoms with E-state index in [1.807, 2.05) is 0 Å². The third-order valence-corrected chi connectivity index (χ3v) is 7.46. The number of thioether (sulfide) groups is 1. The van der Waals surface area contributed by atoms with E-state index in [2.05, 4.69) is 10.2 Å². The highest BCUT2D eigenvalue weighted by atomic mass is 35.5. The van der Waals surface area contributed by atoms with Crippen LogP contribution < -0.4 is 4.90 Å². The average Bonchev–Trinajstić information content (AvgIpc) is 3.30. The van der Waals surface area contributed by atoms with Gasteiger partial charge >= 0.3 is 22.5 Å². The highest BCUT2D eigenvalue weighted by molar-refractivity contribution is 8.00. The molecule has 0 radical (unpaired) electrons. The first-order valence-electron chi connectivity index (χ1n) is 8.40. The predicted octanol–water partition coefficient (Wildman–Crippen LogP) is 3.39. The Kier molecular flexibility index (Phi) is 7.57. The summed E-state index contributed by atoms with van der Waals surface area (Å²) in [7, 11) is 0. The fourth-order valence-electron chi connectivity index (χ4n) is 2.50. The molecule has 8 nitrogen and oxygen atoms in total. The second kappa shape index (κ2) is 9.81. The third-order valence-electron chi connectivity index (χ3n) is 3.94. The standard InChI is InChI=1S/C16H14ClF3N4O4S3/c1-31(27)14-22-21-13(30-14)24-11(6-23(8-17)15(24)26)28-12(25)7-29-10-4-2-9(3-5-10)16(18,19)20/h2-5,11H,6-8H2,1H3. The van der Waals surface area contributed by atoms with Gasteiger partial charge in [0.15, 0.2) is 0 Å². The van der Waals surface area contributed by atoms with E-state index in [1.54, 1.807) is 0 Å². The molecule has 2 aromatic rings. The fraction of sp³-hybridized carbons (Fsp3) is 0.375. The lowest BCUT2D eigenvalue weighted by molar-refractivity contribution is -0.145. The number of carbonyl (C=O) groups is 2. The van der Waals surface area contributed by atoms with Gasteiger partial charge in [0.05, 0.1) is 23.9 Å². The molecular weight excluding hydrogens is 501 g/mol. The van der Waals surface area contributed by atoms with E-state index in [9.17, 15) is 27.3 Å². The Balaban J connectivity index is 1.64. The molecule has 168 valence electrons. The van der Waals surface area contributed by atoms with Crippen molar-refractivity contribution in [1.29, 1.82) is 0 Å². The van der Waals surface area contributed by atoms with Crippen LogP contribution in [-0.4, -0.2) is 62.4 Å². The number of alkyl halides is 4. The van der Waals surface area contributed by atoms with E-state index in [0.29, 0.717) is 4.90 Å². The number of ether oxygens (including phenoxy) is 1. The molecule has 0 aliphatic carbocycles. The molecule has 1 aromatic carbocycles. The lowest BCUT2D eigenvalue weighted by atomic mass is 10.2. The molecule has 0 spiro atoms. The highest BCUT2D eigenvalue weighted by Crippen LogP contribution is 2.32. The maximum absolute atomic E-state index is 12.6. The fourth-order valence-corrected chi connectivity index (χ4v) is 4.85. The van der Waals surface area contributed by atoms with Crippen molar-refractivity contribution in [2.45, 2.75) is 21.6 Å². The molecule has 0 saturated carbocycles. The highest BCUT2D eigenvalue weighted by Gasteiger charge is 2.42. The molecule has 2 heterocycles. The molecule has 1 saturated heterocycles. The van der Waals surface area contributed by atoms with Crippen LogP contribution in [0.4, 0.5) is 23.1 Å². The Morgan fingerprint density at radius 2 is 2.06 bits per heavy atom. The van der Waals surface area contributed by atoms with Crippen molar-refractivity contribution >= 4 is 63.0 Å². The number of benzene rings is 1. The zero-order valence-corrected chi connectivity index (χ0v) is 18.9. The lowest BCUT2D eigenvalue weighted by Crippen LogP contribution is -2.38. The van der Waals surface area contributed by atoms with Crippen molar-refractivity contribution in [2.24, 2.45) is 0 Å². The number of aromatic nitrogens is 2. The van der Waals surface area contributed by atoms with Crippen molar-refractivity contribution in [3.05, 3.63) is 29.8 Å². The van der Waals surface area contributed by atoms with Gasteiger partial charge in [-0.3, -0.25) is 4.79 Å². The van der Waals surface area contributed by atoms with Gasteiger partial charge in [-0.2, -0.15) is 13.2 Å². The van der Waals surface area contributed by atoms with Gasteiger partial charge in [0.1, 0.15) is 6.26 Å². The minimum absolute atomic E-state index is 0.0108. The molecular formula is C16H14ClF3N4O4S3. The number of esters is 1. The van der Waals surface area contributed by atoms with Crippen molar-refractivity contribution < 1.29 is 32.0 Å². The molecule has 31 heavy (non-hydrogen) atoms. The van der Waals surface area contributed by atoms with Crippen LogP contribution in [0.15, 0.2) is 33.5 Å². The Morgan fingerprint density at radius 3 is 2.61 bits per heavy atom. The Labute approximate surface area is 190 Å². The van der Waals surface area contributed by atoms with E-state index in [-0.39, 0.29) is 27.8 Å². The second-order valence-corrected chi connectivity index (χ2v) is 9.85. The topological polar surface area (TPSA) is 98.7 Å². The third kappa shape index (κ3) is 5.74. The summed E-state index contributed by atoms with van der Waals surface area (Å²) in [6.45, 7) is -0.0108. The normalized spacial score (nSPS) is 17.9. The number of amides is 2. The first-order chi connectivity index (χ1) is 14.6. The van der Waals surface area contributed by atoms with Crippen LogP contribution in [0.1, 0.15) is 5.56 Å². The molecule has 2 unspecified atom stereocenters. The Hall–Kier alpha value is -1.74. The predicted molar refractivity (Wildman–Crippen MR) is 110 cm³/mol. The smallest absolute Gasteiger partial charge is 0.416 e. The molecule has 1 fully saturated rings. The summed E-state index contributed by atoms with van der Waals surface area (Å²) >= 11 is 6.29. The molecule has 1 aliphatic heterocycles. The van der Waals surface area contributed by atoms with E-state index in [0.717, 1.165) is 40.1 Å². The van der Waals surface area contributed by atoms with Crippen LogP contribution in [0, 0.1) is 0 Å². The number of rotatable bonds is 7. The monoisotopic (exact) mass is 514 g/mol. The number of halogens is 4. The molecule has 15 heteroatoms. The first kappa shape index (κ1) is 23.9. The van der Waals surface area contributed by atoms with Gasteiger partial charge in [0, 0.05) is 16.1 Å². The Morgan fingerprint density at radius 1 is 1.39 bits per heavy atom. The maximum Gasteiger partial charge on any atom is 0.416 e. The van der Waals surface area contributed by atoms with E-state index < -0.39 is 41.1 Å². The van der Waals surface area contributed by atoms with Crippen molar-refractivity contribution in [3.63, 3.8) is 0 Å². The van der Waals surface area contributed by atoms with Crippen LogP contribution in [0.2, 0.25) is 0 Å². The molecule has 1 aliphatic rings. The summed E-state index contributed by atoms with van der Waals surface area (Å²) in [5, 5.41) is 7.71. The second-order valence-electron chi connectivity index (χ2n) is 6.05. The van der Waals surface area contributed by atoms with Crippen LogP contribution in [0.5, 0.6) is 0 Å². The van der Waals surface area contributed by atoms with Gasteiger partial charge in [0.25, 0.3) is 0 Å². The van der Waals surface area contributed by atoms with Gasteiger partial charge in [-0.15, -0.1) is 28.5 Å². The van der Waals surface area contributed by atoms with Crippen LogP contribution in [0.25, 0.3) is 0 Å². The van der Waals surface area contributed by atoms with Gasteiger partial charge in [-0.1, -0.05) is 5.10 Å². The Bertz CT molecular complexity index is 945. The quantitative estimate of drug-likeness (QED) is 0.139. The number of hydrogen-bond donors (Lipinski definition) is 0. The number of carbonyl (C=O) groups excluding carboxylic acids is 2. The van der Waals surface area contributed by atoms with Gasteiger partial charge in [-0.05, 0) is 35.6 Å². The van der Waals surface area contributed by atoms with E-state index in [1.165, 1.54) is 23.3 Å². The number of anilines is 1. The summed E-state index contributed by atoms with van der Waals surface area (Å²) in [5.41, 5.74) is -0.787. The average molecular weight is 515 g/mol. The first-order valence-corrected chi connectivity index (χ1v) is 12.3. The molecule has 0 N–H and O–H groups in total.